The summed E-state index contributed by atoms with van der Waals surface area (Å²) in [6, 6.07) is 3.64. The van der Waals surface area contributed by atoms with Crippen molar-refractivity contribution in [2.75, 3.05) is 20.3 Å². The number of halogens is 1. The average Bonchev–Trinajstić information content (AvgIpc) is 2.42. The molecular weight excluding hydrogens is 300 g/mol. The van der Waals surface area contributed by atoms with Crippen LogP contribution in [-0.4, -0.2) is 31.5 Å². The summed E-state index contributed by atoms with van der Waals surface area (Å²) in [6.45, 7) is 1.45. The Balaban J connectivity index is 2.19. The van der Waals surface area contributed by atoms with Crippen LogP contribution >= 0.6 is 15.9 Å². The van der Waals surface area contributed by atoms with Gasteiger partial charge in [-0.15, -0.1) is 0 Å². The lowest BCUT2D eigenvalue weighted by Crippen LogP contribution is -2.26. The van der Waals surface area contributed by atoms with Crippen molar-refractivity contribution >= 4 is 15.9 Å². The van der Waals surface area contributed by atoms with Crippen LogP contribution in [0, 0.1) is 0 Å². The molecule has 0 aromatic heterocycles. The average molecular weight is 317 g/mol. The highest BCUT2D eigenvalue weighted by atomic mass is 79.9. The Kier molecular flexibility index (Phi) is 4.86. The van der Waals surface area contributed by atoms with Gasteiger partial charge in [0.2, 0.25) is 0 Å². The van der Waals surface area contributed by atoms with Crippen LogP contribution in [0.3, 0.4) is 0 Å². The Morgan fingerprint density at radius 3 is 2.72 bits per heavy atom. The van der Waals surface area contributed by atoms with Crippen molar-refractivity contribution in [1.29, 1.82) is 0 Å². The zero-order chi connectivity index (χ0) is 13.0. The number of aliphatic hydroxyl groups is 1. The van der Waals surface area contributed by atoms with E-state index in [0.717, 1.165) is 36.1 Å². The second kappa shape index (κ2) is 6.41. The van der Waals surface area contributed by atoms with Crippen molar-refractivity contribution in [3.63, 3.8) is 0 Å². The van der Waals surface area contributed by atoms with Crippen LogP contribution in [0.15, 0.2) is 16.6 Å². The molecule has 1 saturated heterocycles. The van der Waals surface area contributed by atoms with E-state index >= 15 is 0 Å². The predicted molar refractivity (Wildman–Crippen MR) is 71.1 cm³/mol. The molecule has 1 aliphatic rings. The van der Waals surface area contributed by atoms with Gasteiger partial charge in [0.1, 0.15) is 6.10 Å². The highest BCUT2D eigenvalue weighted by molar-refractivity contribution is 9.10. The molecule has 0 amide bonds. The first kappa shape index (κ1) is 13.6. The molecule has 0 bridgehead atoms. The topological polar surface area (TPSA) is 47.9 Å². The molecule has 0 spiro atoms. The van der Waals surface area contributed by atoms with Crippen LogP contribution in [0.2, 0.25) is 0 Å². The van der Waals surface area contributed by atoms with Gasteiger partial charge in [-0.25, -0.2) is 0 Å². The van der Waals surface area contributed by atoms with Gasteiger partial charge >= 0.3 is 0 Å². The highest BCUT2D eigenvalue weighted by Crippen LogP contribution is 2.38. The van der Waals surface area contributed by atoms with Gasteiger partial charge in [-0.05, 0) is 33.6 Å². The minimum Gasteiger partial charge on any atom is -0.493 e. The lowest BCUT2D eigenvalue weighted by molar-refractivity contribution is 0.0242. The van der Waals surface area contributed by atoms with Gasteiger partial charge in [-0.3, -0.25) is 0 Å². The molecule has 1 fully saturated rings. The number of ether oxygens (including phenoxy) is 3. The van der Waals surface area contributed by atoms with Gasteiger partial charge in [-0.1, -0.05) is 0 Å². The quantitative estimate of drug-likeness (QED) is 0.927. The molecule has 0 unspecified atom stereocenters. The van der Waals surface area contributed by atoms with Gasteiger partial charge in [-0.2, -0.15) is 0 Å². The Morgan fingerprint density at radius 1 is 1.39 bits per heavy atom. The molecule has 1 aliphatic heterocycles. The molecule has 1 aromatic rings. The molecule has 100 valence electrons. The minimum absolute atomic E-state index is 0.0213. The van der Waals surface area contributed by atoms with Crippen molar-refractivity contribution in [3.05, 3.63) is 22.2 Å². The molecule has 1 heterocycles. The van der Waals surface area contributed by atoms with Crippen LogP contribution < -0.4 is 9.47 Å². The number of rotatable bonds is 4. The van der Waals surface area contributed by atoms with Gasteiger partial charge in [0, 0.05) is 12.8 Å². The van der Waals surface area contributed by atoms with Crippen LogP contribution in [0.5, 0.6) is 11.5 Å². The van der Waals surface area contributed by atoms with Crippen LogP contribution in [-0.2, 0) is 11.3 Å². The number of hydrogen-bond donors (Lipinski definition) is 1. The van der Waals surface area contributed by atoms with E-state index in [4.69, 9.17) is 19.3 Å². The van der Waals surface area contributed by atoms with E-state index in [0.29, 0.717) is 11.5 Å². The van der Waals surface area contributed by atoms with E-state index in [1.54, 1.807) is 13.2 Å². The second-order valence-electron chi connectivity index (χ2n) is 4.20. The van der Waals surface area contributed by atoms with Crippen molar-refractivity contribution < 1.29 is 19.3 Å². The van der Waals surface area contributed by atoms with E-state index in [9.17, 15) is 0 Å². The molecule has 5 heteroatoms. The fraction of sp³-hybridized carbons (Fsp3) is 0.538. The predicted octanol–water partition coefficient (Wildman–Crippen LogP) is 2.51. The molecule has 0 aliphatic carbocycles. The Bertz CT molecular complexity index is 402. The molecule has 0 saturated carbocycles. The summed E-state index contributed by atoms with van der Waals surface area (Å²) < 4.78 is 17.4. The van der Waals surface area contributed by atoms with Gasteiger partial charge < -0.3 is 19.3 Å². The van der Waals surface area contributed by atoms with Crippen LogP contribution in [0.25, 0.3) is 0 Å². The van der Waals surface area contributed by atoms with Gasteiger partial charge in [0.15, 0.2) is 11.5 Å². The van der Waals surface area contributed by atoms with Gasteiger partial charge in [0.25, 0.3) is 0 Å². The summed E-state index contributed by atoms with van der Waals surface area (Å²) in [4.78, 5) is 0. The van der Waals surface area contributed by atoms with E-state index in [1.807, 2.05) is 6.07 Å². The van der Waals surface area contributed by atoms with Crippen LogP contribution in [0.1, 0.15) is 18.4 Å². The summed E-state index contributed by atoms with van der Waals surface area (Å²) in [7, 11) is 1.60. The van der Waals surface area contributed by atoms with Crippen molar-refractivity contribution in [1.82, 2.24) is 0 Å². The van der Waals surface area contributed by atoms with E-state index in [1.165, 1.54) is 0 Å². The molecule has 0 radical (unpaired) electrons. The zero-order valence-electron chi connectivity index (χ0n) is 10.3. The third kappa shape index (κ3) is 3.16. The Morgan fingerprint density at radius 2 is 2.11 bits per heavy atom. The number of methoxy groups -OCH3 is 1. The fourth-order valence-corrected chi connectivity index (χ4v) is 2.52. The standard InChI is InChI=1S/C13H17BrO4/c1-16-12-7-9(8-15)6-11(14)13(12)18-10-2-4-17-5-3-10/h6-7,10,15H,2-5,8H2,1H3. The van der Waals surface area contributed by atoms with Crippen LogP contribution in [0.4, 0.5) is 0 Å². The molecule has 0 atom stereocenters. The van der Waals surface area contributed by atoms with Crippen molar-refractivity contribution in [3.8, 4) is 11.5 Å². The lowest BCUT2D eigenvalue weighted by atomic mass is 10.1. The fourth-order valence-electron chi connectivity index (χ4n) is 1.94. The van der Waals surface area contributed by atoms with E-state index in [2.05, 4.69) is 15.9 Å². The Labute approximate surface area is 115 Å². The first-order valence-corrected chi connectivity index (χ1v) is 6.75. The summed E-state index contributed by atoms with van der Waals surface area (Å²) in [5, 5.41) is 9.16. The number of benzene rings is 1. The highest BCUT2D eigenvalue weighted by Gasteiger charge is 2.19. The summed E-state index contributed by atoms with van der Waals surface area (Å²) in [6.07, 6.45) is 1.93. The lowest BCUT2D eigenvalue weighted by Gasteiger charge is -2.25. The summed E-state index contributed by atoms with van der Waals surface area (Å²) >= 11 is 3.46. The zero-order valence-corrected chi connectivity index (χ0v) is 11.9. The summed E-state index contributed by atoms with van der Waals surface area (Å²) in [5.41, 5.74) is 0.790. The maximum Gasteiger partial charge on any atom is 0.175 e. The SMILES string of the molecule is COc1cc(CO)cc(Br)c1OC1CCOCC1. The third-order valence-electron chi connectivity index (χ3n) is 2.92. The Hall–Kier alpha value is -0.780. The molecule has 4 nitrogen and oxygen atoms in total. The van der Waals surface area contributed by atoms with E-state index in [-0.39, 0.29) is 12.7 Å². The number of hydrogen-bond acceptors (Lipinski definition) is 4. The van der Waals surface area contributed by atoms with Gasteiger partial charge in [0.05, 0.1) is 31.4 Å². The second-order valence-corrected chi connectivity index (χ2v) is 5.05. The molecule has 2 rings (SSSR count). The largest absolute Gasteiger partial charge is 0.493 e. The number of aliphatic hydroxyl groups excluding tert-OH is 1. The maximum atomic E-state index is 9.16. The minimum atomic E-state index is -0.0213. The molecule has 1 N–H and O–H groups in total. The first-order chi connectivity index (χ1) is 8.74. The summed E-state index contributed by atoms with van der Waals surface area (Å²) in [5.74, 6) is 1.33. The maximum absolute atomic E-state index is 9.16. The molecule has 18 heavy (non-hydrogen) atoms. The normalized spacial score (nSPS) is 16.6. The first-order valence-electron chi connectivity index (χ1n) is 5.96. The molecule has 1 aromatic carbocycles. The smallest absolute Gasteiger partial charge is 0.175 e. The van der Waals surface area contributed by atoms with Crippen molar-refractivity contribution in [2.24, 2.45) is 0 Å². The monoisotopic (exact) mass is 316 g/mol. The van der Waals surface area contributed by atoms with Crippen molar-refractivity contribution in [2.45, 2.75) is 25.6 Å². The van der Waals surface area contributed by atoms with E-state index < -0.39 is 0 Å². The molecular formula is C13H17BrO4. The third-order valence-corrected chi connectivity index (χ3v) is 3.51.